The van der Waals surface area contributed by atoms with Crippen molar-refractivity contribution in [1.29, 1.82) is 0 Å². The second kappa shape index (κ2) is 8.11. The molecule has 22 heavy (non-hydrogen) atoms. The molecule has 2 aromatic rings. The number of hydrogen-bond acceptors (Lipinski definition) is 2. The molecule has 0 bridgehead atoms. The fraction of sp³-hybridized carbons (Fsp3) is 0.188. The van der Waals surface area contributed by atoms with E-state index in [9.17, 15) is 4.79 Å². The Morgan fingerprint density at radius 1 is 1.09 bits per heavy atom. The lowest BCUT2D eigenvalue weighted by Crippen LogP contribution is -2.24. The van der Waals surface area contributed by atoms with Gasteiger partial charge in [-0.05, 0) is 48.9 Å². The molecule has 2 nitrogen and oxygen atoms in total. The van der Waals surface area contributed by atoms with E-state index in [0.29, 0.717) is 27.2 Å². The van der Waals surface area contributed by atoms with Crippen LogP contribution >= 0.6 is 46.6 Å². The van der Waals surface area contributed by atoms with Gasteiger partial charge in [0.05, 0.1) is 15.3 Å². The third-order valence-electron chi connectivity index (χ3n) is 2.94. The first-order chi connectivity index (χ1) is 10.5. The van der Waals surface area contributed by atoms with Crippen LogP contribution in [0.15, 0.2) is 47.4 Å². The van der Waals surface area contributed by atoms with Crippen molar-refractivity contribution < 1.29 is 4.79 Å². The molecule has 0 fully saturated rings. The predicted octanol–water partition coefficient (Wildman–Crippen LogP) is 6.16. The van der Waals surface area contributed by atoms with Gasteiger partial charge in [-0.2, -0.15) is 0 Å². The molecule has 2 aromatic carbocycles. The minimum Gasteiger partial charge on any atom is -0.325 e. The van der Waals surface area contributed by atoms with Gasteiger partial charge in [-0.3, -0.25) is 4.79 Å². The van der Waals surface area contributed by atoms with Crippen molar-refractivity contribution in [2.45, 2.75) is 23.5 Å². The second-order valence-electron chi connectivity index (χ2n) is 4.59. The monoisotopic (exact) mass is 373 g/mol. The normalized spacial score (nSPS) is 12.0. The SMILES string of the molecule is CCC(Sc1ccc(Cl)cc1)C(=O)Nc1ccc(Cl)c(Cl)c1. The molecule has 0 heterocycles. The third kappa shape index (κ3) is 4.82. The van der Waals surface area contributed by atoms with E-state index in [0.717, 1.165) is 4.90 Å². The van der Waals surface area contributed by atoms with Crippen LogP contribution in [-0.2, 0) is 4.79 Å². The molecular weight excluding hydrogens is 361 g/mol. The van der Waals surface area contributed by atoms with Crippen LogP contribution < -0.4 is 5.32 Å². The molecule has 0 radical (unpaired) electrons. The van der Waals surface area contributed by atoms with Crippen molar-refractivity contribution in [2.24, 2.45) is 0 Å². The van der Waals surface area contributed by atoms with Gasteiger partial charge < -0.3 is 5.32 Å². The van der Waals surface area contributed by atoms with Crippen LogP contribution in [0.2, 0.25) is 15.1 Å². The zero-order chi connectivity index (χ0) is 16.1. The highest BCUT2D eigenvalue weighted by molar-refractivity contribution is 8.00. The van der Waals surface area contributed by atoms with Crippen molar-refractivity contribution >= 4 is 58.2 Å². The molecule has 0 aliphatic rings. The summed E-state index contributed by atoms with van der Waals surface area (Å²) in [6, 6.07) is 12.5. The zero-order valence-corrected chi connectivity index (χ0v) is 14.9. The van der Waals surface area contributed by atoms with Crippen molar-refractivity contribution in [3.63, 3.8) is 0 Å². The molecule has 0 aliphatic heterocycles. The number of carbonyl (C=O) groups is 1. The van der Waals surface area contributed by atoms with Gasteiger partial charge in [0.2, 0.25) is 5.91 Å². The van der Waals surface area contributed by atoms with E-state index in [2.05, 4.69) is 5.32 Å². The molecule has 1 amide bonds. The summed E-state index contributed by atoms with van der Waals surface area (Å²) in [7, 11) is 0. The topological polar surface area (TPSA) is 29.1 Å². The van der Waals surface area contributed by atoms with Gasteiger partial charge in [0.15, 0.2) is 0 Å². The van der Waals surface area contributed by atoms with E-state index < -0.39 is 0 Å². The Labute approximate surface area is 149 Å². The quantitative estimate of drug-likeness (QED) is 0.635. The van der Waals surface area contributed by atoms with Crippen LogP contribution in [0.4, 0.5) is 5.69 Å². The summed E-state index contributed by atoms with van der Waals surface area (Å²) < 4.78 is 0. The fourth-order valence-electron chi connectivity index (χ4n) is 1.80. The van der Waals surface area contributed by atoms with E-state index >= 15 is 0 Å². The van der Waals surface area contributed by atoms with E-state index in [1.807, 2.05) is 31.2 Å². The van der Waals surface area contributed by atoms with Crippen LogP contribution in [0, 0.1) is 0 Å². The summed E-state index contributed by atoms with van der Waals surface area (Å²) in [5.41, 5.74) is 0.634. The second-order valence-corrected chi connectivity index (χ2v) is 7.11. The highest BCUT2D eigenvalue weighted by Crippen LogP contribution is 2.29. The number of hydrogen-bond donors (Lipinski definition) is 1. The first kappa shape index (κ1) is 17.5. The number of anilines is 1. The number of halogens is 3. The van der Waals surface area contributed by atoms with Crippen molar-refractivity contribution in [1.82, 2.24) is 0 Å². The number of nitrogens with one attached hydrogen (secondary N) is 1. The lowest BCUT2D eigenvalue weighted by molar-refractivity contribution is -0.115. The molecule has 1 unspecified atom stereocenters. The highest BCUT2D eigenvalue weighted by Gasteiger charge is 2.18. The van der Waals surface area contributed by atoms with E-state index in [-0.39, 0.29) is 11.2 Å². The molecule has 0 aromatic heterocycles. The van der Waals surface area contributed by atoms with Gasteiger partial charge >= 0.3 is 0 Å². The van der Waals surface area contributed by atoms with Crippen molar-refractivity contribution in [3.05, 3.63) is 57.5 Å². The molecule has 2 rings (SSSR count). The first-order valence-corrected chi connectivity index (χ1v) is 8.69. The van der Waals surface area contributed by atoms with Gasteiger partial charge in [-0.15, -0.1) is 11.8 Å². The number of carbonyl (C=O) groups excluding carboxylic acids is 1. The molecule has 0 saturated carbocycles. The van der Waals surface area contributed by atoms with Crippen molar-refractivity contribution in [2.75, 3.05) is 5.32 Å². The third-order valence-corrected chi connectivity index (χ3v) is 5.31. The standard InChI is InChI=1S/C16H14Cl3NOS/c1-2-15(22-12-6-3-10(17)4-7-12)16(21)20-11-5-8-13(18)14(19)9-11/h3-9,15H,2H2,1H3,(H,20,21). The van der Waals surface area contributed by atoms with Crippen molar-refractivity contribution in [3.8, 4) is 0 Å². The number of rotatable bonds is 5. The maximum atomic E-state index is 12.4. The van der Waals surface area contributed by atoms with Crippen LogP contribution in [-0.4, -0.2) is 11.2 Å². The Bertz CT molecular complexity index is 661. The molecule has 0 saturated heterocycles. The van der Waals surface area contributed by atoms with Gasteiger partial charge in [-0.25, -0.2) is 0 Å². The number of benzene rings is 2. The predicted molar refractivity (Wildman–Crippen MR) is 96.5 cm³/mol. The lowest BCUT2D eigenvalue weighted by atomic mass is 10.2. The van der Waals surface area contributed by atoms with Gasteiger partial charge in [-0.1, -0.05) is 41.7 Å². The zero-order valence-electron chi connectivity index (χ0n) is 11.8. The minimum atomic E-state index is -0.198. The fourth-order valence-corrected chi connectivity index (χ4v) is 3.17. The summed E-state index contributed by atoms with van der Waals surface area (Å²) in [6.45, 7) is 1.97. The smallest absolute Gasteiger partial charge is 0.237 e. The Morgan fingerprint density at radius 2 is 1.77 bits per heavy atom. The molecule has 6 heteroatoms. The van der Waals surface area contributed by atoms with Crippen LogP contribution in [0.1, 0.15) is 13.3 Å². The Hall–Kier alpha value is -0.870. The van der Waals surface area contributed by atoms with Crippen LogP contribution in [0.5, 0.6) is 0 Å². The maximum Gasteiger partial charge on any atom is 0.237 e. The van der Waals surface area contributed by atoms with E-state index in [1.165, 1.54) is 11.8 Å². The van der Waals surface area contributed by atoms with Gasteiger partial charge in [0, 0.05) is 15.6 Å². The Kier molecular flexibility index (Phi) is 6.45. The molecular formula is C16H14Cl3NOS. The summed E-state index contributed by atoms with van der Waals surface area (Å²) in [6.07, 6.45) is 0.709. The Morgan fingerprint density at radius 3 is 2.36 bits per heavy atom. The van der Waals surface area contributed by atoms with Crippen LogP contribution in [0.25, 0.3) is 0 Å². The largest absolute Gasteiger partial charge is 0.325 e. The summed E-state index contributed by atoms with van der Waals surface area (Å²) in [5.74, 6) is -0.0687. The molecule has 1 N–H and O–H groups in total. The van der Waals surface area contributed by atoms with Gasteiger partial charge in [0.25, 0.3) is 0 Å². The average Bonchev–Trinajstić information content (AvgIpc) is 2.50. The number of amides is 1. The number of thioether (sulfide) groups is 1. The summed E-state index contributed by atoms with van der Waals surface area (Å²) in [4.78, 5) is 13.4. The Balaban J connectivity index is 2.04. The average molecular weight is 375 g/mol. The lowest BCUT2D eigenvalue weighted by Gasteiger charge is -2.15. The van der Waals surface area contributed by atoms with Gasteiger partial charge in [0.1, 0.15) is 0 Å². The van der Waals surface area contributed by atoms with E-state index in [4.69, 9.17) is 34.8 Å². The highest BCUT2D eigenvalue weighted by atomic mass is 35.5. The van der Waals surface area contributed by atoms with E-state index in [1.54, 1.807) is 18.2 Å². The molecule has 116 valence electrons. The summed E-state index contributed by atoms with van der Waals surface area (Å²) >= 11 is 19.2. The van der Waals surface area contributed by atoms with Crippen LogP contribution in [0.3, 0.4) is 0 Å². The molecule has 1 atom stereocenters. The molecule has 0 spiro atoms. The summed E-state index contributed by atoms with van der Waals surface area (Å²) in [5, 5.41) is 4.22. The first-order valence-electron chi connectivity index (χ1n) is 6.67. The maximum absolute atomic E-state index is 12.4. The minimum absolute atomic E-state index is 0.0687. The molecule has 0 aliphatic carbocycles.